The highest BCUT2D eigenvalue weighted by atomic mass is 32.1. The van der Waals surface area contributed by atoms with Crippen molar-refractivity contribution in [2.75, 3.05) is 6.61 Å². The van der Waals surface area contributed by atoms with Crippen LogP contribution in [0.1, 0.15) is 9.67 Å². The summed E-state index contributed by atoms with van der Waals surface area (Å²) in [6.07, 6.45) is -0.802. The van der Waals surface area contributed by atoms with Crippen LogP contribution in [0.5, 0.6) is 11.5 Å². The average molecular weight is 304 g/mol. The first-order valence-corrected chi connectivity index (χ1v) is 7.14. The van der Waals surface area contributed by atoms with E-state index in [9.17, 15) is 9.59 Å². The normalized spacial score (nSPS) is 16.1. The van der Waals surface area contributed by atoms with Crippen molar-refractivity contribution in [2.45, 2.75) is 6.10 Å². The van der Waals surface area contributed by atoms with Gasteiger partial charge in [-0.1, -0.05) is 18.2 Å². The second kappa shape index (κ2) is 5.84. The van der Waals surface area contributed by atoms with Gasteiger partial charge in [-0.15, -0.1) is 11.3 Å². The quantitative estimate of drug-likeness (QED) is 0.821. The molecule has 0 saturated heterocycles. The summed E-state index contributed by atoms with van der Waals surface area (Å²) in [5, 5.41) is 1.78. The zero-order valence-electron chi connectivity index (χ0n) is 10.9. The molecule has 0 radical (unpaired) electrons. The second-order valence-corrected chi connectivity index (χ2v) is 5.23. The van der Waals surface area contributed by atoms with Crippen LogP contribution in [0, 0.1) is 0 Å². The number of amides is 2. The number of thiophene rings is 1. The summed E-state index contributed by atoms with van der Waals surface area (Å²) in [5.41, 5.74) is 4.68. The number of hydrogen-bond acceptors (Lipinski definition) is 5. The summed E-state index contributed by atoms with van der Waals surface area (Å²) in [4.78, 5) is 24.2. The molecule has 1 atom stereocenters. The number of hydrogen-bond donors (Lipinski definition) is 2. The van der Waals surface area contributed by atoms with E-state index in [0.29, 0.717) is 16.4 Å². The van der Waals surface area contributed by atoms with Crippen LogP contribution in [-0.4, -0.2) is 24.5 Å². The Labute approximate surface area is 124 Å². The van der Waals surface area contributed by atoms with Crippen molar-refractivity contribution in [1.29, 1.82) is 0 Å². The first-order valence-electron chi connectivity index (χ1n) is 6.26. The number of nitrogens with one attached hydrogen (secondary N) is 2. The van der Waals surface area contributed by atoms with E-state index in [0.717, 1.165) is 0 Å². The molecule has 0 spiro atoms. The van der Waals surface area contributed by atoms with Gasteiger partial charge in [0.2, 0.25) is 6.10 Å². The molecule has 108 valence electrons. The highest BCUT2D eigenvalue weighted by Crippen LogP contribution is 2.30. The Bertz CT molecular complexity index is 657. The van der Waals surface area contributed by atoms with Gasteiger partial charge in [-0.25, -0.2) is 0 Å². The minimum Gasteiger partial charge on any atom is -0.485 e. The van der Waals surface area contributed by atoms with Crippen molar-refractivity contribution < 1.29 is 19.1 Å². The van der Waals surface area contributed by atoms with Crippen LogP contribution in [-0.2, 0) is 4.79 Å². The summed E-state index contributed by atoms with van der Waals surface area (Å²) in [7, 11) is 0. The van der Waals surface area contributed by atoms with Gasteiger partial charge in [0, 0.05) is 0 Å². The maximum Gasteiger partial charge on any atom is 0.283 e. The van der Waals surface area contributed by atoms with Gasteiger partial charge in [0.05, 0.1) is 4.88 Å². The van der Waals surface area contributed by atoms with Crippen LogP contribution in [0.25, 0.3) is 0 Å². The minimum atomic E-state index is -0.802. The van der Waals surface area contributed by atoms with Gasteiger partial charge in [0.1, 0.15) is 6.61 Å². The molecule has 1 aliphatic rings. The molecule has 2 aromatic rings. The molecule has 1 aromatic carbocycles. The van der Waals surface area contributed by atoms with Gasteiger partial charge in [0.25, 0.3) is 11.8 Å². The minimum absolute atomic E-state index is 0.0950. The van der Waals surface area contributed by atoms with Gasteiger partial charge in [0.15, 0.2) is 11.5 Å². The summed E-state index contributed by atoms with van der Waals surface area (Å²) < 4.78 is 11.0. The smallest absolute Gasteiger partial charge is 0.283 e. The van der Waals surface area contributed by atoms with Crippen LogP contribution in [0.2, 0.25) is 0 Å². The Morgan fingerprint density at radius 2 is 1.90 bits per heavy atom. The average Bonchev–Trinajstić information content (AvgIpc) is 3.06. The fourth-order valence-corrected chi connectivity index (χ4v) is 2.44. The summed E-state index contributed by atoms with van der Waals surface area (Å²) in [6.45, 7) is 0.0950. The molecular formula is C14H12N2O4S. The van der Waals surface area contributed by atoms with E-state index in [1.165, 1.54) is 11.3 Å². The molecule has 0 fully saturated rings. The third-order valence-electron chi connectivity index (χ3n) is 2.85. The third kappa shape index (κ3) is 2.97. The molecule has 7 heteroatoms. The van der Waals surface area contributed by atoms with Crippen molar-refractivity contribution in [1.82, 2.24) is 10.9 Å². The Balaban J connectivity index is 1.56. The number of carbonyl (C=O) groups excluding carboxylic acids is 2. The Hall–Kier alpha value is -2.54. The summed E-state index contributed by atoms with van der Waals surface area (Å²) in [5.74, 6) is 0.280. The lowest BCUT2D eigenvalue weighted by molar-refractivity contribution is -0.131. The van der Waals surface area contributed by atoms with E-state index in [2.05, 4.69) is 10.9 Å². The largest absolute Gasteiger partial charge is 0.485 e. The van der Waals surface area contributed by atoms with Crippen molar-refractivity contribution in [3.63, 3.8) is 0 Å². The highest BCUT2D eigenvalue weighted by Gasteiger charge is 2.27. The lowest BCUT2D eigenvalue weighted by atomic mass is 10.2. The predicted octanol–water partition coefficient (Wildman–Crippen LogP) is 1.35. The van der Waals surface area contributed by atoms with Crippen LogP contribution < -0.4 is 20.3 Å². The SMILES string of the molecule is O=C(NNC(=O)C1COc2ccccc2O1)c1cccs1. The van der Waals surface area contributed by atoms with Crippen LogP contribution in [0.4, 0.5) is 0 Å². The predicted molar refractivity (Wildman–Crippen MR) is 76.3 cm³/mol. The fourth-order valence-electron chi connectivity index (χ4n) is 1.82. The molecule has 2 N–H and O–H groups in total. The molecule has 1 aromatic heterocycles. The molecular weight excluding hydrogens is 292 g/mol. The van der Waals surface area contributed by atoms with Crippen molar-refractivity contribution in [3.05, 3.63) is 46.7 Å². The highest BCUT2D eigenvalue weighted by molar-refractivity contribution is 7.12. The van der Waals surface area contributed by atoms with E-state index in [1.807, 2.05) is 6.07 Å². The van der Waals surface area contributed by atoms with E-state index in [1.54, 1.807) is 35.7 Å². The van der Waals surface area contributed by atoms with Gasteiger partial charge in [-0.3, -0.25) is 20.4 Å². The Morgan fingerprint density at radius 3 is 2.67 bits per heavy atom. The Kier molecular flexibility index (Phi) is 3.74. The maximum atomic E-state index is 12.0. The first-order chi connectivity index (χ1) is 10.2. The lowest BCUT2D eigenvalue weighted by Crippen LogP contribution is -2.50. The van der Waals surface area contributed by atoms with Crippen molar-refractivity contribution >= 4 is 23.2 Å². The number of fused-ring (bicyclic) bond motifs is 1. The van der Waals surface area contributed by atoms with E-state index in [4.69, 9.17) is 9.47 Å². The van der Waals surface area contributed by atoms with E-state index < -0.39 is 12.0 Å². The zero-order chi connectivity index (χ0) is 14.7. The van der Waals surface area contributed by atoms with E-state index in [-0.39, 0.29) is 12.5 Å². The van der Waals surface area contributed by atoms with Crippen molar-refractivity contribution in [2.24, 2.45) is 0 Å². The molecule has 3 rings (SSSR count). The maximum absolute atomic E-state index is 12.0. The molecule has 0 bridgehead atoms. The van der Waals surface area contributed by atoms with Crippen LogP contribution >= 0.6 is 11.3 Å². The first kappa shape index (κ1) is 13.4. The van der Waals surface area contributed by atoms with Crippen LogP contribution in [0.15, 0.2) is 41.8 Å². The molecule has 0 saturated carbocycles. The molecule has 6 nitrogen and oxygen atoms in total. The van der Waals surface area contributed by atoms with E-state index >= 15 is 0 Å². The van der Waals surface area contributed by atoms with Gasteiger partial charge in [-0.05, 0) is 23.6 Å². The summed E-state index contributed by atoms with van der Waals surface area (Å²) >= 11 is 1.29. The molecule has 2 amide bonds. The third-order valence-corrected chi connectivity index (χ3v) is 3.71. The fraction of sp³-hybridized carbons (Fsp3) is 0.143. The lowest BCUT2D eigenvalue weighted by Gasteiger charge is -2.25. The monoisotopic (exact) mass is 304 g/mol. The number of carbonyl (C=O) groups is 2. The topological polar surface area (TPSA) is 76.7 Å². The zero-order valence-corrected chi connectivity index (χ0v) is 11.7. The van der Waals surface area contributed by atoms with Gasteiger partial charge >= 0.3 is 0 Å². The summed E-state index contributed by atoms with van der Waals surface area (Å²) in [6, 6.07) is 10.5. The Morgan fingerprint density at radius 1 is 1.10 bits per heavy atom. The molecule has 1 unspecified atom stereocenters. The number of benzene rings is 1. The molecule has 2 heterocycles. The molecule has 21 heavy (non-hydrogen) atoms. The number of hydrazine groups is 1. The number of ether oxygens (including phenoxy) is 2. The molecule has 1 aliphatic heterocycles. The van der Waals surface area contributed by atoms with Crippen molar-refractivity contribution in [3.8, 4) is 11.5 Å². The number of rotatable bonds is 2. The number of para-hydroxylation sites is 2. The van der Waals surface area contributed by atoms with Gasteiger partial charge in [-0.2, -0.15) is 0 Å². The van der Waals surface area contributed by atoms with Gasteiger partial charge < -0.3 is 9.47 Å². The second-order valence-electron chi connectivity index (χ2n) is 4.28. The standard InChI is InChI=1S/C14H12N2O4S/c17-13(15-16-14(18)12-6-3-7-21-12)11-8-19-9-4-1-2-5-10(9)20-11/h1-7,11H,8H2,(H,15,17)(H,16,18). The molecule has 0 aliphatic carbocycles. The van der Waals surface area contributed by atoms with Crippen LogP contribution in [0.3, 0.4) is 0 Å².